The van der Waals surface area contributed by atoms with Crippen molar-refractivity contribution in [2.45, 2.75) is 11.8 Å². The number of sulfonamides is 1. The Morgan fingerprint density at radius 3 is 2.50 bits per heavy atom. The van der Waals surface area contributed by atoms with E-state index in [1.807, 2.05) is 0 Å². The minimum atomic E-state index is -3.88. The van der Waals surface area contributed by atoms with Crippen LogP contribution >= 0.6 is 11.6 Å². The van der Waals surface area contributed by atoms with E-state index in [1.54, 1.807) is 6.92 Å². The number of nitrogens with two attached hydrogens (primary N) is 1. The molecule has 106 valence electrons. The lowest BCUT2D eigenvalue weighted by molar-refractivity contribution is 0.598. The quantitative estimate of drug-likeness (QED) is 0.855. The normalized spacial score (nSPS) is 11.3. The van der Waals surface area contributed by atoms with Gasteiger partial charge in [0, 0.05) is 10.7 Å². The van der Waals surface area contributed by atoms with E-state index in [-0.39, 0.29) is 15.6 Å². The molecule has 0 atom stereocenters. The standard InChI is InChI=1S/C13H12ClFN2O2S/c1-8-6-10(16)3-5-13(8)20(18,19)17-12-4-2-9(14)7-11(12)15/h2-7,17H,16H2,1H3. The number of benzene rings is 2. The van der Waals surface area contributed by atoms with E-state index in [0.29, 0.717) is 11.3 Å². The Morgan fingerprint density at radius 2 is 1.90 bits per heavy atom. The van der Waals surface area contributed by atoms with Gasteiger partial charge in [-0.15, -0.1) is 0 Å². The van der Waals surface area contributed by atoms with Gasteiger partial charge in [0.15, 0.2) is 0 Å². The molecule has 7 heteroatoms. The first-order chi connectivity index (χ1) is 9.29. The van der Waals surface area contributed by atoms with Crippen molar-refractivity contribution in [3.05, 3.63) is 52.8 Å². The predicted octanol–water partition coefficient (Wildman–Crippen LogP) is 3.17. The molecule has 2 rings (SSSR count). The summed E-state index contributed by atoms with van der Waals surface area (Å²) in [6, 6.07) is 8.09. The van der Waals surface area contributed by atoms with Crippen molar-refractivity contribution in [3.63, 3.8) is 0 Å². The van der Waals surface area contributed by atoms with Crippen molar-refractivity contribution >= 4 is 33.0 Å². The zero-order valence-corrected chi connectivity index (χ0v) is 12.1. The fourth-order valence-corrected chi connectivity index (χ4v) is 3.20. The third kappa shape index (κ3) is 3.02. The summed E-state index contributed by atoms with van der Waals surface area (Å²) in [7, 11) is -3.88. The second-order valence-electron chi connectivity index (χ2n) is 4.25. The molecule has 0 fully saturated rings. The molecule has 0 bridgehead atoms. The highest BCUT2D eigenvalue weighted by molar-refractivity contribution is 7.92. The number of hydrogen-bond acceptors (Lipinski definition) is 3. The van der Waals surface area contributed by atoms with Crippen LogP contribution in [0.1, 0.15) is 5.56 Å². The lowest BCUT2D eigenvalue weighted by Gasteiger charge is -2.11. The second-order valence-corrected chi connectivity index (χ2v) is 6.34. The maximum absolute atomic E-state index is 13.6. The third-order valence-corrected chi connectivity index (χ3v) is 4.42. The largest absolute Gasteiger partial charge is 0.399 e. The SMILES string of the molecule is Cc1cc(N)ccc1S(=O)(=O)Nc1ccc(Cl)cc1F. The van der Waals surface area contributed by atoms with Crippen molar-refractivity contribution < 1.29 is 12.8 Å². The molecule has 0 heterocycles. The van der Waals surface area contributed by atoms with Gasteiger partial charge in [-0.2, -0.15) is 0 Å². The Labute approximate surface area is 121 Å². The van der Waals surface area contributed by atoms with E-state index in [9.17, 15) is 12.8 Å². The minimum Gasteiger partial charge on any atom is -0.399 e. The zero-order chi connectivity index (χ0) is 14.9. The smallest absolute Gasteiger partial charge is 0.262 e. The van der Waals surface area contributed by atoms with Gasteiger partial charge < -0.3 is 5.73 Å². The Bertz CT molecular complexity index is 763. The van der Waals surface area contributed by atoms with Gasteiger partial charge in [-0.3, -0.25) is 4.72 Å². The first-order valence-corrected chi connectivity index (χ1v) is 7.50. The third-order valence-electron chi connectivity index (χ3n) is 2.66. The van der Waals surface area contributed by atoms with E-state index in [2.05, 4.69) is 4.72 Å². The van der Waals surface area contributed by atoms with Crippen LogP contribution in [-0.2, 0) is 10.0 Å². The Kier molecular flexibility index (Phi) is 3.87. The van der Waals surface area contributed by atoms with Crippen molar-refractivity contribution in [1.29, 1.82) is 0 Å². The van der Waals surface area contributed by atoms with E-state index < -0.39 is 15.8 Å². The molecule has 0 aliphatic carbocycles. The topological polar surface area (TPSA) is 72.2 Å². The average molecular weight is 315 g/mol. The van der Waals surface area contributed by atoms with Crippen LogP contribution in [0.5, 0.6) is 0 Å². The van der Waals surface area contributed by atoms with E-state index in [1.165, 1.54) is 30.3 Å². The van der Waals surface area contributed by atoms with Gasteiger partial charge in [0.1, 0.15) is 5.82 Å². The van der Waals surface area contributed by atoms with Gasteiger partial charge in [-0.05, 0) is 48.9 Å². The summed E-state index contributed by atoms with van der Waals surface area (Å²) in [5.41, 5.74) is 6.35. The summed E-state index contributed by atoms with van der Waals surface area (Å²) in [6.45, 7) is 1.61. The maximum Gasteiger partial charge on any atom is 0.262 e. The monoisotopic (exact) mass is 314 g/mol. The molecule has 0 spiro atoms. The van der Waals surface area contributed by atoms with Crippen LogP contribution in [0.2, 0.25) is 5.02 Å². The molecule has 3 N–H and O–H groups in total. The summed E-state index contributed by atoms with van der Waals surface area (Å²) in [6.07, 6.45) is 0. The number of aryl methyl sites for hydroxylation is 1. The van der Waals surface area contributed by atoms with E-state index in [4.69, 9.17) is 17.3 Å². The van der Waals surface area contributed by atoms with Gasteiger partial charge in [0.2, 0.25) is 0 Å². The zero-order valence-electron chi connectivity index (χ0n) is 10.5. The number of anilines is 2. The highest BCUT2D eigenvalue weighted by atomic mass is 35.5. The van der Waals surface area contributed by atoms with Gasteiger partial charge in [0.25, 0.3) is 10.0 Å². The Balaban J connectivity index is 2.41. The Morgan fingerprint density at radius 1 is 1.20 bits per heavy atom. The van der Waals surface area contributed by atoms with Crippen molar-refractivity contribution in [2.24, 2.45) is 0 Å². The molecule has 0 aromatic heterocycles. The van der Waals surface area contributed by atoms with Gasteiger partial charge >= 0.3 is 0 Å². The van der Waals surface area contributed by atoms with Gasteiger partial charge in [-0.1, -0.05) is 11.6 Å². The molecule has 2 aromatic rings. The Hall–Kier alpha value is -1.79. The number of rotatable bonds is 3. The van der Waals surface area contributed by atoms with Crippen LogP contribution in [0.3, 0.4) is 0 Å². The van der Waals surface area contributed by atoms with Crippen LogP contribution < -0.4 is 10.5 Å². The van der Waals surface area contributed by atoms with Gasteiger partial charge in [0.05, 0.1) is 10.6 Å². The summed E-state index contributed by atoms with van der Waals surface area (Å²) in [5, 5.41) is 0.189. The van der Waals surface area contributed by atoms with Crippen molar-refractivity contribution in [3.8, 4) is 0 Å². The summed E-state index contributed by atoms with van der Waals surface area (Å²) in [4.78, 5) is 0.0426. The number of nitrogens with one attached hydrogen (secondary N) is 1. The molecular weight excluding hydrogens is 303 g/mol. The van der Waals surface area contributed by atoms with Crippen molar-refractivity contribution in [1.82, 2.24) is 0 Å². The van der Waals surface area contributed by atoms with Crippen LogP contribution in [-0.4, -0.2) is 8.42 Å². The molecule has 4 nitrogen and oxygen atoms in total. The highest BCUT2D eigenvalue weighted by Gasteiger charge is 2.18. The van der Waals surface area contributed by atoms with E-state index in [0.717, 1.165) is 6.07 Å². The molecule has 0 aliphatic rings. The van der Waals surface area contributed by atoms with Crippen LogP contribution in [0, 0.1) is 12.7 Å². The highest BCUT2D eigenvalue weighted by Crippen LogP contribution is 2.24. The maximum atomic E-state index is 13.6. The number of hydrogen-bond donors (Lipinski definition) is 2. The van der Waals surface area contributed by atoms with Crippen molar-refractivity contribution in [2.75, 3.05) is 10.5 Å². The molecule has 0 unspecified atom stereocenters. The molecular formula is C13H12ClFN2O2S. The average Bonchev–Trinajstić information content (AvgIpc) is 2.32. The lowest BCUT2D eigenvalue weighted by atomic mass is 10.2. The predicted molar refractivity (Wildman–Crippen MR) is 77.8 cm³/mol. The minimum absolute atomic E-state index is 0.0426. The summed E-state index contributed by atoms with van der Waals surface area (Å²) >= 11 is 5.62. The summed E-state index contributed by atoms with van der Waals surface area (Å²) in [5.74, 6) is -0.742. The molecule has 0 saturated carbocycles. The molecule has 0 amide bonds. The van der Waals surface area contributed by atoms with Crippen LogP contribution in [0.15, 0.2) is 41.3 Å². The fourth-order valence-electron chi connectivity index (χ4n) is 1.75. The molecule has 0 aliphatic heterocycles. The molecule has 2 aromatic carbocycles. The summed E-state index contributed by atoms with van der Waals surface area (Å²) < 4.78 is 40.3. The lowest BCUT2D eigenvalue weighted by Crippen LogP contribution is -2.15. The second kappa shape index (κ2) is 5.30. The first kappa shape index (κ1) is 14.6. The fraction of sp³-hybridized carbons (Fsp3) is 0.0769. The number of nitrogen functional groups attached to an aromatic ring is 1. The molecule has 0 radical (unpaired) electrons. The first-order valence-electron chi connectivity index (χ1n) is 5.63. The molecule has 20 heavy (non-hydrogen) atoms. The van der Waals surface area contributed by atoms with Crippen LogP contribution in [0.4, 0.5) is 15.8 Å². The van der Waals surface area contributed by atoms with Crippen LogP contribution in [0.25, 0.3) is 0 Å². The van der Waals surface area contributed by atoms with E-state index >= 15 is 0 Å². The molecule has 0 saturated heterocycles. The van der Waals surface area contributed by atoms with Gasteiger partial charge in [-0.25, -0.2) is 12.8 Å². The number of halogens is 2.